The summed E-state index contributed by atoms with van der Waals surface area (Å²) in [5, 5.41) is 2.32. The Morgan fingerprint density at radius 3 is 2.09 bits per heavy atom. The summed E-state index contributed by atoms with van der Waals surface area (Å²) in [5.74, 6) is -2.05. The van der Waals surface area contributed by atoms with Crippen LogP contribution >= 0.6 is 11.6 Å². The number of hydrogen-bond donors (Lipinski definition) is 2. The Bertz CT molecular complexity index is 514. The summed E-state index contributed by atoms with van der Waals surface area (Å²) in [5.41, 5.74) is -4.63. The smallest absolute Gasteiger partial charge is 0.300 e. The van der Waals surface area contributed by atoms with Crippen molar-refractivity contribution in [3.63, 3.8) is 0 Å². The number of amides is 1. The molecule has 1 aromatic heterocycles. The zero-order chi connectivity index (χ0) is 17.2. The van der Waals surface area contributed by atoms with Gasteiger partial charge in [-0.1, -0.05) is 18.5 Å². The Labute approximate surface area is 125 Å². The average molecular weight is 351 g/mol. The van der Waals surface area contributed by atoms with Gasteiger partial charge >= 0.3 is 18.0 Å². The predicted molar refractivity (Wildman–Crippen MR) is 64.9 cm³/mol. The Hall–Kier alpha value is -1.71. The second-order valence-electron chi connectivity index (χ2n) is 4.19. The maximum absolute atomic E-state index is 13.1. The van der Waals surface area contributed by atoms with Gasteiger partial charge in [0.25, 0.3) is 5.82 Å². The van der Waals surface area contributed by atoms with Crippen molar-refractivity contribution in [2.75, 3.05) is 5.32 Å². The van der Waals surface area contributed by atoms with E-state index in [1.807, 2.05) is 0 Å². The maximum Gasteiger partial charge on any atom is 0.462 e. The molecule has 1 amide bonds. The lowest BCUT2D eigenvalue weighted by molar-refractivity contribution is -0.367. The van der Waals surface area contributed by atoms with Gasteiger partial charge in [0.15, 0.2) is 0 Å². The summed E-state index contributed by atoms with van der Waals surface area (Å²) in [4.78, 5) is 13.3. The first-order valence-corrected chi connectivity index (χ1v) is 6.20. The number of H-pyrrole nitrogens is 1. The van der Waals surface area contributed by atoms with Crippen LogP contribution in [0.3, 0.4) is 0 Å². The summed E-state index contributed by atoms with van der Waals surface area (Å²) in [6.45, 7) is 1.13. The Kier molecular flexibility index (Phi) is 5.16. The number of halogens is 7. The fraction of sp³-hybridized carbons (Fsp3) is 0.455. The van der Waals surface area contributed by atoms with Gasteiger partial charge in [0.05, 0.1) is 5.02 Å². The summed E-state index contributed by atoms with van der Waals surface area (Å²) in [6.07, 6.45) is -11.3. The minimum atomic E-state index is -5.84. The molecule has 22 heavy (non-hydrogen) atoms. The number of rotatable bonds is 4. The standard InChI is InChI=1S/C11H10ClF6N3O/c1-2-8(22)21-9(10(13,14)15,11(16,17)18)20-7-4-3-6(12)5-19-7/h3-5H,2H2,1H3,(H,19,20)(H,21,22)/p+1. The average Bonchev–Trinajstić information content (AvgIpc) is 2.37. The van der Waals surface area contributed by atoms with Crippen molar-refractivity contribution in [1.82, 2.24) is 5.32 Å². The number of aromatic nitrogens is 1. The Balaban J connectivity index is 3.35. The van der Waals surface area contributed by atoms with Crippen LogP contribution in [0.1, 0.15) is 13.3 Å². The van der Waals surface area contributed by atoms with E-state index in [-0.39, 0.29) is 5.02 Å². The molecule has 0 radical (unpaired) electrons. The van der Waals surface area contributed by atoms with E-state index in [0.29, 0.717) is 0 Å². The van der Waals surface area contributed by atoms with Gasteiger partial charge in [-0.25, -0.2) is 10.3 Å². The molecule has 0 saturated carbocycles. The van der Waals surface area contributed by atoms with Crippen LogP contribution in [0.25, 0.3) is 0 Å². The molecule has 0 fully saturated rings. The van der Waals surface area contributed by atoms with Crippen LogP contribution in [-0.4, -0.2) is 23.9 Å². The minimum absolute atomic E-state index is 0.0766. The third kappa shape index (κ3) is 3.73. The molecular formula is C11H11ClF6N3O+. The molecule has 0 unspecified atom stereocenters. The molecule has 0 spiro atoms. The lowest BCUT2D eigenvalue weighted by Gasteiger charge is -2.34. The quantitative estimate of drug-likeness (QED) is 0.648. The second-order valence-corrected chi connectivity index (χ2v) is 4.63. The number of nitrogens with one attached hydrogen (secondary N) is 3. The van der Waals surface area contributed by atoms with Crippen molar-refractivity contribution in [3.05, 3.63) is 23.4 Å². The molecule has 0 atom stereocenters. The SMILES string of the molecule is CCC(=O)NC(Nc1ccc(Cl)c[nH+]1)(C(F)(F)F)C(F)(F)F. The summed E-state index contributed by atoms with van der Waals surface area (Å²) >= 11 is 5.50. The first kappa shape index (κ1) is 18.3. The zero-order valence-corrected chi connectivity index (χ0v) is 11.7. The van der Waals surface area contributed by atoms with Crippen LogP contribution < -0.4 is 15.6 Å². The number of carbonyl (C=O) groups is 1. The molecule has 0 aromatic carbocycles. The van der Waals surface area contributed by atoms with Crippen LogP contribution in [0, 0.1) is 0 Å². The van der Waals surface area contributed by atoms with Gasteiger partial charge in [0.2, 0.25) is 5.91 Å². The molecule has 0 aliphatic rings. The fourth-order valence-electron chi connectivity index (χ4n) is 1.46. The van der Waals surface area contributed by atoms with Crippen molar-refractivity contribution in [1.29, 1.82) is 0 Å². The van der Waals surface area contributed by atoms with Gasteiger partial charge in [-0.15, -0.1) is 0 Å². The van der Waals surface area contributed by atoms with Gasteiger partial charge in [-0.05, 0) is 6.07 Å². The van der Waals surface area contributed by atoms with Crippen molar-refractivity contribution >= 4 is 23.3 Å². The van der Waals surface area contributed by atoms with E-state index in [9.17, 15) is 31.1 Å². The van der Waals surface area contributed by atoms with Gasteiger partial charge < -0.3 is 0 Å². The van der Waals surface area contributed by atoms with Crippen molar-refractivity contribution in [2.45, 2.75) is 31.4 Å². The van der Waals surface area contributed by atoms with Crippen LogP contribution in [0.5, 0.6) is 0 Å². The van der Waals surface area contributed by atoms with E-state index in [1.165, 1.54) is 5.32 Å². The fourth-order valence-corrected chi connectivity index (χ4v) is 1.58. The van der Waals surface area contributed by atoms with Gasteiger partial charge in [0, 0.05) is 12.5 Å². The normalized spacial score (nSPS) is 12.9. The van der Waals surface area contributed by atoms with E-state index in [1.54, 1.807) is 0 Å². The number of hydrogen-bond acceptors (Lipinski definition) is 2. The molecule has 0 aliphatic heterocycles. The van der Waals surface area contributed by atoms with E-state index < -0.39 is 36.2 Å². The number of aromatic amines is 1. The molecule has 1 aromatic rings. The largest absolute Gasteiger partial charge is 0.462 e. The van der Waals surface area contributed by atoms with Crippen LogP contribution in [0.2, 0.25) is 5.02 Å². The van der Waals surface area contributed by atoms with E-state index in [4.69, 9.17) is 11.6 Å². The third-order valence-corrected chi connectivity index (χ3v) is 2.83. The van der Waals surface area contributed by atoms with Crippen molar-refractivity contribution in [3.8, 4) is 0 Å². The zero-order valence-electron chi connectivity index (χ0n) is 11.0. The first-order chi connectivity index (χ1) is 9.93. The monoisotopic (exact) mass is 350 g/mol. The number of pyridine rings is 1. The summed E-state index contributed by atoms with van der Waals surface area (Å²) in [7, 11) is 0. The van der Waals surface area contributed by atoms with E-state index in [0.717, 1.165) is 30.6 Å². The molecule has 4 nitrogen and oxygen atoms in total. The summed E-state index contributed by atoms with van der Waals surface area (Å²) in [6, 6.07) is 1.96. The first-order valence-electron chi connectivity index (χ1n) is 5.83. The number of alkyl halides is 6. The van der Waals surface area contributed by atoms with Crippen molar-refractivity contribution in [2.24, 2.45) is 0 Å². The highest BCUT2D eigenvalue weighted by atomic mass is 35.5. The van der Waals surface area contributed by atoms with Gasteiger partial charge in [0.1, 0.15) is 6.20 Å². The van der Waals surface area contributed by atoms with Crippen LogP contribution in [-0.2, 0) is 4.79 Å². The number of carbonyl (C=O) groups excluding carboxylic acids is 1. The highest BCUT2D eigenvalue weighted by molar-refractivity contribution is 6.30. The minimum Gasteiger partial charge on any atom is -0.300 e. The Morgan fingerprint density at radius 2 is 1.73 bits per heavy atom. The molecule has 3 N–H and O–H groups in total. The van der Waals surface area contributed by atoms with Gasteiger partial charge in [-0.2, -0.15) is 26.3 Å². The molecule has 1 heterocycles. The third-order valence-electron chi connectivity index (χ3n) is 2.60. The molecule has 0 aliphatic carbocycles. The molecule has 11 heteroatoms. The molecular weight excluding hydrogens is 340 g/mol. The predicted octanol–water partition coefficient (Wildman–Crippen LogP) is 2.91. The molecule has 0 saturated heterocycles. The highest BCUT2D eigenvalue weighted by Crippen LogP contribution is 2.43. The lowest BCUT2D eigenvalue weighted by Crippen LogP contribution is -2.72. The molecule has 0 bridgehead atoms. The lowest BCUT2D eigenvalue weighted by atomic mass is 10.1. The topological polar surface area (TPSA) is 55.3 Å². The van der Waals surface area contributed by atoms with E-state index >= 15 is 0 Å². The maximum atomic E-state index is 13.1. The van der Waals surface area contributed by atoms with Crippen molar-refractivity contribution < 1.29 is 36.1 Å². The number of anilines is 1. The molecule has 1 rings (SSSR count). The summed E-state index contributed by atoms with van der Waals surface area (Å²) < 4.78 is 78.6. The highest BCUT2D eigenvalue weighted by Gasteiger charge is 2.76. The molecule has 124 valence electrons. The van der Waals surface area contributed by atoms with Crippen LogP contribution in [0.4, 0.5) is 32.2 Å². The van der Waals surface area contributed by atoms with Crippen LogP contribution in [0.15, 0.2) is 18.3 Å². The Morgan fingerprint density at radius 1 is 1.18 bits per heavy atom. The van der Waals surface area contributed by atoms with Gasteiger partial charge in [-0.3, -0.25) is 10.1 Å². The van der Waals surface area contributed by atoms with E-state index in [2.05, 4.69) is 4.98 Å². The second kappa shape index (κ2) is 6.19.